The van der Waals surface area contributed by atoms with Gasteiger partial charge in [0.2, 0.25) is 0 Å². The van der Waals surface area contributed by atoms with Crippen LogP contribution in [0, 0.1) is 11.6 Å². The molecule has 0 bridgehead atoms. The highest BCUT2D eigenvalue weighted by molar-refractivity contribution is 6.30. The normalized spacial score (nSPS) is 11.8. The minimum atomic E-state index is -0.999. The van der Waals surface area contributed by atoms with Gasteiger partial charge in [0.05, 0.1) is 11.8 Å². The Morgan fingerprint density at radius 1 is 1.18 bits per heavy atom. The Morgan fingerprint density at radius 3 is 2.50 bits per heavy atom. The van der Waals surface area contributed by atoms with Crippen molar-refractivity contribution in [2.24, 2.45) is 0 Å². The highest BCUT2D eigenvalue weighted by atomic mass is 35.5. The third-order valence-electron chi connectivity index (χ3n) is 2.89. The molecular weight excluding hydrogens is 314 g/mol. The zero-order chi connectivity index (χ0) is 16.1. The first-order valence-corrected chi connectivity index (χ1v) is 6.77. The van der Waals surface area contributed by atoms with Crippen LogP contribution in [-0.4, -0.2) is 17.7 Å². The first-order valence-electron chi connectivity index (χ1n) is 6.39. The number of benzene rings is 2. The van der Waals surface area contributed by atoms with Gasteiger partial charge in [0, 0.05) is 11.6 Å². The fourth-order valence-corrected chi connectivity index (χ4v) is 1.91. The summed E-state index contributed by atoms with van der Waals surface area (Å²) in [7, 11) is 0. The van der Waals surface area contributed by atoms with Crippen molar-refractivity contribution in [2.45, 2.75) is 6.10 Å². The van der Waals surface area contributed by atoms with E-state index in [0.29, 0.717) is 5.56 Å². The molecule has 0 aliphatic carbocycles. The molecule has 116 valence electrons. The molecule has 2 rings (SSSR count). The van der Waals surface area contributed by atoms with E-state index >= 15 is 0 Å². The van der Waals surface area contributed by atoms with Gasteiger partial charge in [-0.05, 0) is 35.9 Å². The molecule has 1 unspecified atom stereocenters. The average Bonchev–Trinajstić information content (AvgIpc) is 2.48. The second-order valence-corrected chi connectivity index (χ2v) is 4.96. The van der Waals surface area contributed by atoms with Gasteiger partial charge in [0.1, 0.15) is 11.6 Å². The predicted octanol–water partition coefficient (Wildman–Crippen LogP) is 3.47. The molecule has 3 N–H and O–H groups in total. The molecule has 0 saturated carbocycles. The number of urea groups is 1. The topological polar surface area (TPSA) is 61.4 Å². The molecule has 4 nitrogen and oxygen atoms in total. The zero-order valence-corrected chi connectivity index (χ0v) is 12.1. The number of carbonyl (C=O) groups is 1. The fourth-order valence-electron chi connectivity index (χ4n) is 1.75. The second kappa shape index (κ2) is 7.20. The molecule has 0 aliphatic heterocycles. The van der Waals surface area contributed by atoms with E-state index in [1.54, 1.807) is 0 Å². The summed E-state index contributed by atoms with van der Waals surface area (Å²) >= 11 is 5.61. The Bertz CT molecular complexity index is 665. The smallest absolute Gasteiger partial charge is 0.319 e. The number of hydrogen-bond donors (Lipinski definition) is 3. The number of amides is 2. The van der Waals surface area contributed by atoms with E-state index in [1.165, 1.54) is 36.4 Å². The summed E-state index contributed by atoms with van der Waals surface area (Å²) in [4.78, 5) is 11.6. The van der Waals surface area contributed by atoms with E-state index < -0.39 is 23.8 Å². The highest BCUT2D eigenvalue weighted by Crippen LogP contribution is 2.18. The average molecular weight is 327 g/mol. The van der Waals surface area contributed by atoms with E-state index in [4.69, 9.17) is 11.6 Å². The number of aliphatic hydroxyl groups is 1. The SMILES string of the molecule is O=C(NCC(O)c1ccc(F)cc1)Nc1ccc(Cl)cc1F. The monoisotopic (exact) mass is 326 g/mol. The minimum Gasteiger partial charge on any atom is -0.387 e. The van der Waals surface area contributed by atoms with Crippen LogP contribution in [0.3, 0.4) is 0 Å². The van der Waals surface area contributed by atoms with Crippen molar-refractivity contribution < 1.29 is 18.7 Å². The first-order chi connectivity index (χ1) is 10.5. The summed E-state index contributed by atoms with van der Waals surface area (Å²) in [5.41, 5.74) is 0.428. The Labute approximate surface area is 130 Å². The molecule has 0 radical (unpaired) electrons. The number of nitrogens with one attached hydrogen (secondary N) is 2. The number of aliphatic hydroxyl groups excluding tert-OH is 1. The standard InChI is InChI=1S/C15H13ClF2N2O2/c16-10-3-6-13(12(18)7-10)20-15(22)19-8-14(21)9-1-4-11(17)5-2-9/h1-7,14,21H,8H2,(H2,19,20,22). The number of hydrogen-bond acceptors (Lipinski definition) is 2. The van der Waals surface area contributed by atoms with E-state index in [2.05, 4.69) is 10.6 Å². The third kappa shape index (κ3) is 4.41. The molecule has 7 heteroatoms. The second-order valence-electron chi connectivity index (χ2n) is 4.53. The van der Waals surface area contributed by atoms with Gasteiger partial charge in [-0.25, -0.2) is 13.6 Å². The lowest BCUT2D eigenvalue weighted by atomic mass is 10.1. The number of anilines is 1. The molecular formula is C15H13ClF2N2O2. The van der Waals surface area contributed by atoms with Crippen LogP contribution < -0.4 is 10.6 Å². The molecule has 2 aromatic rings. The Hall–Kier alpha value is -2.18. The molecule has 1 atom stereocenters. The largest absolute Gasteiger partial charge is 0.387 e. The number of rotatable bonds is 4. The highest BCUT2D eigenvalue weighted by Gasteiger charge is 2.11. The van der Waals surface area contributed by atoms with Gasteiger partial charge >= 0.3 is 6.03 Å². The molecule has 2 aromatic carbocycles. The third-order valence-corrected chi connectivity index (χ3v) is 3.13. The summed E-state index contributed by atoms with van der Waals surface area (Å²) in [6.45, 7) is -0.104. The molecule has 0 aliphatic rings. The van der Waals surface area contributed by atoms with Crippen LogP contribution in [0.4, 0.5) is 19.3 Å². The molecule has 0 aromatic heterocycles. The Kier molecular flexibility index (Phi) is 5.30. The van der Waals surface area contributed by atoms with Crippen molar-refractivity contribution in [1.29, 1.82) is 0 Å². The van der Waals surface area contributed by atoms with Gasteiger partial charge in [-0.1, -0.05) is 23.7 Å². The van der Waals surface area contributed by atoms with Gasteiger partial charge in [0.15, 0.2) is 0 Å². The quantitative estimate of drug-likeness (QED) is 0.805. The predicted molar refractivity (Wildman–Crippen MR) is 79.8 cm³/mol. The Balaban J connectivity index is 1.88. The van der Waals surface area contributed by atoms with Gasteiger partial charge in [-0.3, -0.25) is 0 Å². The van der Waals surface area contributed by atoms with Gasteiger partial charge in [-0.2, -0.15) is 0 Å². The van der Waals surface area contributed by atoms with Gasteiger partial charge in [0.25, 0.3) is 0 Å². The van der Waals surface area contributed by atoms with Crippen LogP contribution >= 0.6 is 11.6 Å². The summed E-state index contributed by atoms with van der Waals surface area (Å²) in [6, 6.07) is 8.41. The summed E-state index contributed by atoms with van der Waals surface area (Å²) in [6.07, 6.45) is -0.999. The first kappa shape index (κ1) is 16.2. The van der Waals surface area contributed by atoms with E-state index in [-0.39, 0.29) is 17.3 Å². The van der Waals surface area contributed by atoms with Crippen LogP contribution in [0.25, 0.3) is 0 Å². The van der Waals surface area contributed by atoms with E-state index in [1.807, 2.05) is 0 Å². The van der Waals surface area contributed by atoms with Crippen molar-refractivity contribution in [2.75, 3.05) is 11.9 Å². The van der Waals surface area contributed by atoms with Crippen molar-refractivity contribution in [3.8, 4) is 0 Å². The fraction of sp³-hybridized carbons (Fsp3) is 0.133. The van der Waals surface area contributed by atoms with Crippen LogP contribution in [0.15, 0.2) is 42.5 Å². The van der Waals surface area contributed by atoms with Crippen molar-refractivity contribution in [3.63, 3.8) is 0 Å². The number of carbonyl (C=O) groups excluding carboxylic acids is 1. The molecule has 2 amide bonds. The number of halogens is 3. The summed E-state index contributed by atoms with van der Waals surface area (Å²) in [5.74, 6) is -1.08. The minimum absolute atomic E-state index is 0.0295. The van der Waals surface area contributed by atoms with Crippen LogP contribution in [0.5, 0.6) is 0 Å². The lowest BCUT2D eigenvalue weighted by Gasteiger charge is -2.13. The maximum Gasteiger partial charge on any atom is 0.319 e. The van der Waals surface area contributed by atoms with E-state index in [9.17, 15) is 18.7 Å². The van der Waals surface area contributed by atoms with Crippen molar-refractivity contribution >= 4 is 23.3 Å². The summed E-state index contributed by atoms with van der Waals surface area (Å²) < 4.78 is 26.3. The molecule has 0 saturated heterocycles. The molecule has 0 heterocycles. The van der Waals surface area contributed by atoms with Crippen molar-refractivity contribution in [1.82, 2.24) is 5.32 Å². The molecule has 22 heavy (non-hydrogen) atoms. The van der Waals surface area contributed by atoms with Crippen LogP contribution in [-0.2, 0) is 0 Å². The Morgan fingerprint density at radius 2 is 1.86 bits per heavy atom. The lowest BCUT2D eigenvalue weighted by Crippen LogP contribution is -2.32. The maximum atomic E-state index is 13.5. The maximum absolute atomic E-state index is 13.5. The zero-order valence-electron chi connectivity index (χ0n) is 11.3. The van der Waals surface area contributed by atoms with Gasteiger partial charge < -0.3 is 15.7 Å². The van der Waals surface area contributed by atoms with Crippen LogP contribution in [0.1, 0.15) is 11.7 Å². The van der Waals surface area contributed by atoms with E-state index in [0.717, 1.165) is 6.07 Å². The van der Waals surface area contributed by atoms with Crippen molar-refractivity contribution in [3.05, 3.63) is 64.7 Å². The van der Waals surface area contributed by atoms with Crippen LogP contribution in [0.2, 0.25) is 5.02 Å². The molecule has 0 fully saturated rings. The van der Waals surface area contributed by atoms with Gasteiger partial charge in [-0.15, -0.1) is 0 Å². The summed E-state index contributed by atoms with van der Waals surface area (Å²) in [5, 5.41) is 14.8. The lowest BCUT2D eigenvalue weighted by molar-refractivity contribution is 0.175. The molecule has 0 spiro atoms.